The molecule has 4 nitrogen and oxygen atoms in total. The van der Waals surface area contributed by atoms with E-state index in [1.807, 2.05) is 6.07 Å². The van der Waals surface area contributed by atoms with Crippen LogP contribution in [0.5, 0.6) is 5.75 Å². The first-order chi connectivity index (χ1) is 14.9. The molecule has 0 aromatic heterocycles. The van der Waals surface area contributed by atoms with Gasteiger partial charge in [0.15, 0.2) is 0 Å². The van der Waals surface area contributed by atoms with Crippen molar-refractivity contribution in [2.75, 3.05) is 11.4 Å². The molecule has 0 spiro atoms. The van der Waals surface area contributed by atoms with Crippen LogP contribution in [0.2, 0.25) is 5.02 Å². The number of carbonyl (C=O) groups is 1. The van der Waals surface area contributed by atoms with Crippen LogP contribution in [0.3, 0.4) is 0 Å². The van der Waals surface area contributed by atoms with Gasteiger partial charge < -0.3 is 19.5 Å². The van der Waals surface area contributed by atoms with E-state index in [1.165, 1.54) is 12.1 Å². The molecule has 0 radical (unpaired) electrons. The average Bonchev–Trinajstić information content (AvgIpc) is 2.74. The third-order valence-electron chi connectivity index (χ3n) is 5.35. The van der Waals surface area contributed by atoms with Crippen LogP contribution in [-0.4, -0.2) is 12.5 Å². The van der Waals surface area contributed by atoms with Gasteiger partial charge >= 0.3 is 29.6 Å². The number of anilines is 1. The zero-order valence-electron chi connectivity index (χ0n) is 17.5. The number of fused-ring (bicyclic) bond motifs is 1. The van der Waals surface area contributed by atoms with Crippen LogP contribution >= 0.6 is 11.6 Å². The second kappa shape index (κ2) is 10.7. The Morgan fingerprint density at radius 2 is 1.91 bits per heavy atom. The molecule has 4 rings (SSSR count). The summed E-state index contributed by atoms with van der Waals surface area (Å²) in [4.78, 5) is 13.6. The molecule has 0 N–H and O–H groups in total. The summed E-state index contributed by atoms with van der Waals surface area (Å²) in [5, 5.41) is 12.0. The van der Waals surface area contributed by atoms with Gasteiger partial charge in [0.25, 0.3) is 0 Å². The minimum atomic E-state index is -1.19. The number of hydrogen-bond donors (Lipinski definition) is 0. The Hall–Kier alpha value is -2.12. The molecule has 0 bridgehead atoms. The summed E-state index contributed by atoms with van der Waals surface area (Å²) in [6.45, 7) is 1.11. The van der Waals surface area contributed by atoms with Gasteiger partial charge in [-0.3, -0.25) is 0 Å². The third kappa shape index (κ3) is 5.44. The van der Waals surface area contributed by atoms with Gasteiger partial charge in [-0.05, 0) is 54.8 Å². The van der Waals surface area contributed by atoms with Crippen molar-refractivity contribution >= 4 is 23.3 Å². The fourth-order valence-electron chi connectivity index (χ4n) is 3.87. The Labute approximate surface area is 212 Å². The molecule has 32 heavy (non-hydrogen) atoms. The van der Waals surface area contributed by atoms with Crippen molar-refractivity contribution in [2.45, 2.75) is 26.0 Å². The average molecular weight is 466 g/mol. The molecule has 3 aromatic rings. The number of carbonyl (C=O) groups excluding carboxylic acids is 1. The fourth-order valence-corrected chi connectivity index (χ4v) is 4.06. The van der Waals surface area contributed by atoms with E-state index in [0.717, 1.165) is 35.8 Å². The van der Waals surface area contributed by atoms with Crippen LogP contribution < -0.4 is 44.3 Å². The predicted octanol–water partition coefficient (Wildman–Crippen LogP) is 1.52. The quantitative estimate of drug-likeness (QED) is 0.518. The normalized spacial score (nSPS) is 12.7. The Bertz CT molecular complexity index is 1140. The standard InChI is InChI=1S/C24H20ClF2NO3.Na/c25-17-7-9-23(31-14-15-6-8-18(26)12-21(15)27)16(11-17)13-28-10-2-4-19-20(24(29)30)3-1-5-22(19)28;/h1,3,5-9,11-12H,2,4,10,13-14H2,(H,29,30);/q;+1/p-1. The number of hydrogen-bond acceptors (Lipinski definition) is 4. The van der Waals surface area contributed by atoms with Crippen molar-refractivity contribution in [1.82, 2.24) is 0 Å². The van der Waals surface area contributed by atoms with Crippen LogP contribution in [0.4, 0.5) is 14.5 Å². The van der Waals surface area contributed by atoms with Crippen molar-refractivity contribution in [3.8, 4) is 5.75 Å². The zero-order chi connectivity index (χ0) is 22.0. The second-order valence-electron chi connectivity index (χ2n) is 7.39. The van der Waals surface area contributed by atoms with Gasteiger partial charge in [0.05, 0.1) is 5.97 Å². The SMILES string of the molecule is O=C([O-])c1cccc2c1CCCN2Cc1cc(Cl)ccc1OCc1ccc(F)cc1F.[Na+]. The monoisotopic (exact) mass is 465 g/mol. The number of aromatic carboxylic acids is 1. The predicted molar refractivity (Wildman–Crippen MR) is 112 cm³/mol. The van der Waals surface area contributed by atoms with Crippen molar-refractivity contribution in [3.05, 3.63) is 93.5 Å². The number of benzene rings is 3. The van der Waals surface area contributed by atoms with Crippen LogP contribution in [-0.2, 0) is 19.6 Å². The van der Waals surface area contributed by atoms with Crippen molar-refractivity contribution < 1.29 is 53.0 Å². The molecule has 0 fully saturated rings. The first kappa shape index (κ1) is 24.5. The number of rotatable bonds is 6. The summed E-state index contributed by atoms with van der Waals surface area (Å²) in [7, 11) is 0. The van der Waals surface area contributed by atoms with Crippen LogP contribution in [0.1, 0.15) is 33.5 Å². The second-order valence-corrected chi connectivity index (χ2v) is 7.83. The van der Waals surface area contributed by atoms with Gasteiger partial charge in [0.1, 0.15) is 24.0 Å². The van der Waals surface area contributed by atoms with E-state index in [4.69, 9.17) is 16.3 Å². The van der Waals surface area contributed by atoms with Gasteiger partial charge in [0, 0.05) is 46.6 Å². The molecule has 160 valence electrons. The number of carboxylic acid groups (broad SMARTS) is 1. The maximum atomic E-state index is 14.0. The molecule has 1 aliphatic rings. The zero-order valence-corrected chi connectivity index (χ0v) is 20.3. The number of carboxylic acids is 1. The van der Waals surface area contributed by atoms with Crippen molar-refractivity contribution in [3.63, 3.8) is 0 Å². The van der Waals surface area contributed by atoms with Crippen LogP contribution in [0.15, 0.2) is 54.6 Å². The molecule has 0 amide bonds. The largest absolute Gasteiger partial charge is 1.00 e. The maximum absolute atomic E-state index is 14.0. The van der Waals surface area contributed by atoms with E-state index in [0.29, 0.717) is 23.7 Å². The summed E-state index contributed by atoms with van der Waals surface area (Å²) in [6, 6.07) is 13.7. The molecule has 8 heteroatoms. The Balaban J connectivity index is 0.00000289. The summed E-state index contributed by atoms with van der Waals surface area (Å²) >= 11 is 6.20. The first-order valence-corrected chi connectivity index (χ1v) is 10.2. The Morgan fingerprint density at radius 1 is 1.09 bits per heavy atom. The molecule has 1 aliphatic heterocycles. The summed E-state index contributed by atoms with van der Waals surface area (Å²) < 4.78 is 32.9. The van der Waals surface area contributed by atoms with Gasteiger partial charge in [-0.1, -0.05) is 23.7 Å². The molecule has 0 atom stereocenters. The number of ether oxygens (including phenoxy) is 1. The molecule has 0 unspecified atom stereocenters. The fraction of sp³-hybridized carbons (Fsp3) is 0.208. The summed E-state index contributed by atoms with van der Waals surface area (Å²) in [5.74, 6) is -1.98. The van der Waals surface area contributed by atoms with Crippen molar-refractivity contribution in [2.24, 2.45) is 0 Å². The number of halogens is 3. The molecule has 0 aliphatic carbocycles. The van der Waals surface area contributed by atoms with Crippen molar-refractivity contribution in [1.29, 1.82) is 0 Å². The van der Waals surface area contributed by atoms with Gasteiger partial charge in [0.2, 0.25) is 0 Å². The smallest absolute Gasteiger partial charge is 0.545 e. The van der Waals surface area contributed by atoms with Gasteiger partial charge in [-0.2, -0.15) is 0 Å². The maximum Gasteiger partial charge on any atom is 1.00 e. The third-order valence-corrected chi connectivity index (χ3v) is 5.58. The van der Waals surface area contributed by atoms with E-state index >= 15 is 0 Å². The topological polar surface area (TPSA) is 52.6 Å². The molecule has 0 saturated heterocycles. The van der Waals surface area contributed by atoms with E-state index < -0.39 is 17.6 Å². The Morgan fingerprint density at radius 3 is 2.66 bits per heavy atom. The first-order valence-electron chi connectivity index (χ1n) is 9.85. The van der Waals surface area contributed by atoms with E-state index in [1.54, 1.807) is 30.3 Å². The van der Waals surface area contributed by atoms with Crippen LogP contribution in [0, 0.1) is 11.6 Å². The molecule has 1 heterocycles. The van der Waals surface area contributed by atoms with Gasteiger partial charge in [-0.15, -0.1) is 0 Å². The van der Waals surface area contributed by atoms with E-state index in [-0.39, 0.29) is 47.3 Å². The molecule has 0 saturated carbocycles. The van der Waals surface area contributed by atoms with E-state index in [9.17, 15) is 18.7 Å². The summed E-state index contributed by atoms with van der Waals surface area (Å²) in [5.41, 5.74) is 2.82. The van der Waals surface area contributed by atoms with Gasteiger partial charge in [-0.25, -0.2) is 8.78 Å². The minimum absolute atomic E-state index is 0. The number of nitrogens with zero attached hydrogens (tertiary/aromatic N) is 1. The van der Waals surface area contributed by atoms with Crippen LogP contribution in [0.25, 0.3) is 0 Å². The molecule has 3 aromatic carbocycles. The Kier molecular flexibility index (Phi) is 8.17. The summed E-state index contributed by atoms with van der Waals surface area (Å²) in [6.07, 6.45) is 1.47. The minimum Gasteiger partial charge on any atom is -0.545 e. The molecular weight excluding hydrogens is 447 g/mol. The van der Waals surface area contributed by atoms with E-state index in [2.05, 4.69) is 4.90 Å². The molecular formula is C24H19ClF2NNaO3.